The van der Waals surface area contributed by atoms with E-state index in [1.54, 1.807) is 12.1 Å². The van der Waals surface area contributed by atoms with Gasteiger partial charge in [-0.15, -0.1) is 0 Å². The number of nitrogens with zero attached hydrogens (tertiary/aromatic N) is 2. The standard InChI is InChI=1S/C20H24ClFN4O3S/c1-23-30(28,29)17-6-7-19(21)18(14-17)20(27)24-8-9-25-10-12-26(13-11-25)16-4-2-15(22)3-5-16/h2-7,14,23H,8-13H2,1H3,(H,24,27). The fourth-order valence-corrected chi connectivity index (χ4v) is 4.23. The van der Waals surface area contributed by atoms with Gasteiger partial charge >= 0.3 is 0 Å². The van der Waals surface area contributed by atoms with E-state index >= 15 is 0 Å². The molecule has 0 radical (unpaired) electrons. The Labute approximate surface area is 180 Å². The van der Waals surface area contributed by atoms with Crippen LogP contribution in [0.25, 0.3) is 0 Å². The third kappa shape index (κ3) is 5.48. The molecule has 7 nitrogen and oxygen atoms in total. The van der Waals surface area contributed by atoms with Crippen molar-refractivity contribution in [3.63, 3.8) is 0 Å². The van der Waals surface area contributed by atoms with E-state index in [2.05, 4.69) is 19.8 Å². The molecule has 0 unspecified atom stereocenters. The summed E-state index contributed by atoms with van der Waals surface area (Å²) in [6.45, 7) is 4.35. The van der Waals surface area contributed by atoms with Gasteiger partial charge in [-0.25, -0.2) is 17.5 Å². The molecule has 0 aromatic heterocycles. The number of amides is 1. The lowest BCUT2D eigenvalue weighted by Gasteiger charge is -2.36. The van der Waals surface area contributed by atoms with Crippen LogP contribution in [0.4, 0.5) is 10.1 Å². The number of carbonyl (C=O) groups is 1. The molecule has 1 heterocycles. The lowest BCUT2D eigenvalue weighted by atomic mass is 10.2. The zero-order valence-corrected chi connectivity index (χ0v) is 18.1. The molecule has 3 rings (SSSR count). The van der Waals surface area contributed by atoms with Gasteiger partial charge in [-0.05, 0) is 49.5 Å². The number of anilines is 1. The molecule has 1 saturated heterocycles. The average Bonchev–Trinajstić information content (AvgIpc) is 2.75. The average molecular weight is 455 g/mol. The Morgan fingerprint density at radius 1 is 1.10 bits per heavy atom. The van der Waals surface area contributed by atoms with Crippen molar-refractivity contribution >= 4 is 33.2 Å². The normalized spacial score (nSPS) is 15.2. The minimum atomic E-state index is -3.66. The molecule has 1 aliphatic heterocycles. The molecule has 2 aromatic carbocycles. The van der Waals surface area contributed by atoms with Crippen LogP contribution in [0.3, 0.4) is 0 Å². The number of nitrogens with one attached hydrogen (secondary N) is 2. The minimum absolute atomic E-state index is 0.0172. The lowest BCUT2D eigenvalue weighted by molar-refractivity contribution is 0.0947. The first-order valence-electron chi connectivity index (χ1n) is 9.54. The molecule has 0 spiro atoms. The molecular weight excluding hydrogens is 431 g/mol. The van der Waals surface area contributed by atoms with Crippen LogP contribution in [0.15, 0.2) is 47.4 Å². The van der Waals surface area contributed by atoms with Gasteiger partial charge in [0.2, 0.25) is 10.0 Å². The zero-order valence-electron chi connectivity index (χ0n) is 16.6. The van der Waals surface area contributed by atoms with Gasteiger partial charge in [0.05, 0.1) is 15.5 Å². The highest BCUT2D eigenvalue weighted by atomic mass is 35.5. The Bertz CT molecular complexity index is 994. The number of piperazine rings is 1. The summed E-state index contributed by atoms with van der Waals surface area (Å²) in [6, 6.07) is 10.5. The number of hydrogen-bond donors (Lipinski definition) is 2. The highest BCUT2D eigenvalue weighted by Gasteiger charge is 2.19. The number of benzene rings is 2. The minimum Gasteiger partial charge on any atom is -0.369 e. The van der Waals surface area contributed by atoms with Crippen LogP contribution < -0.4 is 14.9 Å². The van der Waals surface area contributed by atoms with E-state index in [4.69, 9.17) is 11.6 Å². The van der Waals surface area contributed by atoms with E-state index in [0.29, 0.717) is 13.1 Å². The van der Waals surface area contributed by atoms with Gasteiger partial charge in [-0.1, -0.05) is 11.6 Å². The van der Waals surface area contributed by atoms with Gasteiger partial charge in [0.25, 0.3) is 5.91 Å². The Morgan fingerprint density at radius 2 is 1.77 bits per heavy atom. The number of hydrogen-bond acceptors (Lipinski definition) is 5. The summed E-state index contributed by atoms with van der Waals surface area (Å²) >= 11 is 6.08. The third-order valence-electron chi connectivity index (χ3n) is 5.04. The van der Waals surface area contributed by atoms with Crippen molar-refractivity contribution in [3.05, 3.63) is 58.9 Å². The van der Waals surface area contributed by atoms with Crippen LogP contribution in [0, 0.1) is 5.82 Å². The van der Waals surface area contributed by atoms with Crippen LogP contribution in [-0.4, -0.2) is 65.5 Å². The Hall–Kier alpha value is -2.20. The van der Waals surface area contributed by atoms with Crippen LogP contribution >= 0.6 is 11.6 Å². The van der Waals surface area contributed by atoms with E-state index in [-0.39, 0.29) is 21.3 Å². The first kappa shape index (κ1) is 22.5. The van der Waals surface area contributed by atoms with Gasteiger partial charge in [-0.2, -0.15) is 0 Å². The molecule has 1 fully saturated rings. The molecule has 162 valence electrons. The van der Waals surface area contributed by atoms with Crippen molar-refractivity contribution in [3.8, 4) is 0 Å². The largest absolute Gasteiger partial charge is 0.369 e. The highest BCUT2D eigenvalue weighted by Crippen LogP contribution is 2.20. The lowest BCUT2D eigenvalue weighted by Crippen LogP contribution is -2.48. The second kappa shape index (κ2) is 9.74. The van der Waals surface area contributed by atoms with E-state index in [1.165, 1.54) is 37.4 Å². The summed E-state index contributed by atoms with van der Waals surface area (Å²) < 4.78 is 39.2. The SMILES string of the molecule is CNS(=O)(=O)c1ccc(Cl)c(C(=O)NCCN2CCN(c3ccc(F)cc3)CC2)c1. The molecule has 0 aliphatic carbocycles. The number of sulfonamides is 1. The molecule has 2 N–H and O–H groups in total. The van der Waals surface area contributed by atoms with Gasteiger partial charge in [-0.3, -0.25) is 9.69 Å². The summed E-state index contributed by atoms with van der Waals surface area (Å²) in [7, 11) is -2.36. The van der Waals surface area contributed by atoms with Gasteiger partial charge < -0.3 is 10.2 Å². The molecule has 1 amide bonds. The van der Waals surface area contributed by atoms with Crippen molar-refractivity contribution in [2.45, 2.75) is 4.90 Å². The Balaban J connectivity index is 1.50. The third-order valence-corrected chi connectivity index (χ3v) is 6.78. The fraction of sp³-hybridized carbons (Fsp3) is 0.350. The van der Waals surface area contributed by atoms with E-state index in [1.807, 2.05) is 0 Å². The van der Waals surface area contributed by atoms with Crippen molar-refractivity contribution in [2.24, 2.45) is 0 Å². The fourth-order valence-electron chi connectivity index (χ4n) is 3.27. The molecule has 0 atom stereocenters. The summed E-state index contributed by atoms with van der Waals surface area (Å²) in [6.07, 6.45) is 0. The van der Waals surface area contributed by atoms with E-state index in [9.17, 15) is 17.6 Å². The molecule has 0 bridgehead atoms. The van der Waals surface area contributed by atoms with Crippen molar-refractivity contribution < 1.29 is 17.6 Å². The van der Waals surface area contributed by atoms with Crippen molar-refractivity contribution in [2.75, 3.05) is 51.2 Å². The first-order chi connectivity index (χ1) is 14.3. The molecule has 1 aliphatic rings. The predicted molar refractivity (Wildman–Crippen MR) is 115 cm³/mol. The van der Waals surface area contributed by atoms with Gasteiger partial charge in [0.1, 0.15) is 5.82 Å². The number of halogens is 2. The Kier molecular flexibility index (Phi) is 7.30. The predicted octanol–water partition coefficient (Wildman–Crippen LogP) is 1.94. The van der Waals surface area contributed by atoms with Crippen LogP contribution in [0.1, 0.15) is 10.4 Å². The summed E-state index contributed by atoms with van der Waals surface area (Å²) in [4.78, 5) is 16.9. The maximum absolute atomic E-state index is 13.1. The van der Waals surface area contributed by atoms with Gasteiger partial charge in [0.15, 0.2) is 0 Å². The number of rotatable bonds is 7. The smallest absolute Gasteiger partial charge is 0.252 e. The molecule has 2 aromatic rings. The van der Waals surface area contributed by atoms with Crippen LogP contribution in [-0.2, 0) is 10.0 Å². The Morgan fingerprint density at radius 3 is 2.40 bits per heavy atom. The van der Waals surface area contributed by atoms with Crippen molar-refractivity contribution in [1.82, 2.24) is 14.9 Å². The highest BCUT2D eigenvalue weighted by molar-refractivity contribution is 7.89. The summed E-state index contributed by atoms with van der Waals surface area (Å²) in [5.41, 5.74) is 1.12. The monoisotopic (exact) mass is 454 g/mol. The molecule has 30 heavy (non-hydrogen) atoms. The second-order valence-corrected chi connectivity index (χ2v) is 9.20. The maximum atomic E-state index is 13.1. The first-order valence-corrected chi connectivity index (χ1v) is 11.4. The summed E-state index contributed by atoms with van der Waals surface area (Å²) in [5.74, 6) is -0.666. The van der Waals surface area contributed by atoms with Crippen LogP contribution in [0.2, 0.25) is 5.02 Å². The number of carbonyl (C=O) groups excluding carboxylic acids is 1. The second-order valence-electron chi connectivity index (χ2n) is 6.91. The molecular formula is C20H24ClFN4O3S. The maximum Gasteiger partial charge on any atom is 0.252 e. The van der Waals surface area contributed by atoms with E-state index in [0.717, 1.165) is 31.9 Å². The quantitative estimate of drug-likeness (QED) is 0.668. The van der Waals surface area contributed by atoms with Crippen molar-refractivity contribution in [1.29, 1.82) is 0 Å². The topological polar surface area (TPSA) is 81.7 Å². The molecule has 10 heteroatoms. The summed E-state index contributed by atoms with van der Waals surface area (Å²) in [5, 5.41) is 2.99. The van der Waals surface area contributed by atoms with E-state index < -0.39 is 15.9 Å². The van der Waals surface area contributed by atoms with Crippen LogP contribution in [0.5, 0.6) is 0 Å². The zero-order chi connectivity index (χ0) is 21.7. The molecule has 0 saturated carbocycles. The van der Waals surface area contributed by atoms with Gasteiger partial charge in [0, 0.05) is 45.0 Å².